The number of benzene rings is 1. The molecule has 1 N–H and O–H groups in total. The van der Waals surface area contributed by atoms with E-state index in [4.69, 9.17) is 4.74 Å². The highest BCUT2D eigenvalue weighted by Gasteiger charge is 2.21. The number of nitrogens with zero attached hydrogens (tertiary/aromatic N) is 1. The lowest BCUT2D eigenvalue weighted by atomic mass is 10.2. The van der Waals surface area contributed by atoms with Crippen LogP contribution in [-0.2, 0) is 0 Å². The molecule has 0 atom stereocenters. The van der Waals surface area contributed by atoms with Crippen LogP contribution >= 0.6 is 0 Å². The highest BCUT2D eigenvalue weighted by molar-refractivity contribution is 5.52. The first kappa shape index (κ1) is 13.5. The monoisotopic (exact) mass is 262 g/mol. The number of hydrogen-bond acceptors (Lipinski definition) is 4. The van der Waals surface area contributed by atoms with Crippen molar-refractivity contribution in [2.45, 2.75) is 25.8 Å². The fraction of sp³-hybridized carbons (Fsp3) is 0.429. The van der Waals surface area contributed by atoms with E-state index in [9.17, 15) is 10.1 Å². The number of para-hydroxylation sites is 1. The lowest BCUT2D eigenvalue weighted by molar-refractivity contribution is -0.386. The Bertz CT molecular complexity index is 495. The molecule has 0 radical (unpaired) electrons. The summed E-state index contributed by atoms with van der Waals surface area (Å²) in [5, 5.41) is 14.3. The molecule has 0 aliphatic heterocycles. The fourth-order valence-corrected chi connectivity index (χ4v) is 1.79. The Labute approximate surface area is 112 Å². The topological polar surface area (TPSA) is 64.4 Å². The Hall–Kier alpha value is -1.88. The van der Waals surface area contributed by atoms with Crippen LogP contribution in [0.5, 0.6) is 5.75 Å². The van der Waals surface area contributed by atoms with Crippen LogP contribution in [-0.4, -0.2) is 24.1 Å². The van der Waals surface area contributed by atoms with Gasteiger partial charge in [0.1, 0.15) is 6.61 Å². The van der Waals surface area contributed by atoms with Crippen molar-refractivity contribution < 1.29 is 9.66 Å². The van der Waals surface area contributed by atoms with E-state index in [0.29, 0.717) is 30.5 Å². The molecule has 0 spiro atoms. The molecule has 102 valence electrons. The van der Waals surface area contributed by atoms with Crippen molar-refractivity contribution in [1.29, 1.82) is 0 Å². The predicted molar refractivity (Wildman–Crippen MR) is 73.5 cm³/mol. The average Bonchev–Trinajstić information content (AvgIpc) is 3.17. The van der Waals surface area contributed by atoms with E-state index in [0.717, 1.165) is 5.57 Å². The number of aryl methyl sites for hydroxylation is 1. The second-order valence-electron chi connectivity index (χ2n) is 4.87. The van der Waals surface area contributed by atoms with Gasteiger partial charge in [-0.3, -0.25) is 10.1 Å². The van der Waals surface area contributed by atoms with Crippen molar-refractivity contribution in [2.24, 2.45) is 0 Å². The second-order valence-corrected chi connectivity index (χ2v) is 4.87. The van der Waals surface area contributed by atoms with E-state index in [1.165, 1.54) is 12.8 Å². The molecule has 0 heterocycles. The van der Waals surface area contributed by atoms with Gasteiger partial charge < -0.3 is 10.1 Å². The molecule has 1 aliphatic carbocycles. The van der Waals surface area contributed by atoms with Crippen LogP contribution in [0.1, 0.15) is 18.4 Å². The van der Waals surface area contributed by atoms with Crippen LogP contribution < -0.4 is 10.1 Å². The first-order chi connectivity index (χ1) is 9.08. The zero-order valence-corrected chi connectivity index (χ0v) is 11.0. The number of nitro groups is 1. The molecular formula is C14H18N2O3. The molecule has 2 rings (SSSR count). The van der Waals surface area contributed by atoms with Gasteiger partial charge in [0.25, 0.3) is 0 Å². The van der Waals surface area contributed by atoms with Crippen molar-refractivity contribution >= 4 is 5.69 Å². The van der Waals surface area contributed by atoms with Gasteiger partial charge in [-0.1, -0.05) is 18.7 Å². The Kier molecular flexibility index (Phi) is 4.16. The molecule has 0 saturated heterocycles. The third-order valence-corrected chi connectivity index (χ3v) is 3.03. The summed E-state index contributed by atoms with van der Waals surface area (Å²) >= 11 is 0. The lowest BCUT2D eigenvalue weighted by Crippen LogP contribution is -2.21. The Balaban J connectivity index is 1.92. The normalized spacial score (nSPS) is 14.2. The molecule has 1 aromatic rings. The maximum Gasteiger partial charge on any atom is 0.313 e. The van der Waals surface area contributed by atoms with E-state index in [2.05, 4.69) is 11.9 Å². The fourth-order valence-electron chi connectivity index (χ4n) is 1.79. The number of hydrogen-bond donors (Lipinski definition) is 1. The van der Waals surface area contributed by atoms with Crippen LogP contribution in [0, 0.1) is 17.0 Å². The summed E-state index contributed by atoms with van der Waals surface area (Å²) in [6, 6.07) is 5.69. The molecule has 5 heteroatoms. The highest BCUT2D eigenvalue weighted by atomic mass is 16.6. The summed E-state index contributed by atoms with van der Waals surface area (Å²) < 4.78 is 5.51. The maximum atomic E-state index is 11.0. The quantitative estimate of drug-likeness (QED) is 0.466. The van der Waals surface area contributed by atoms with Gasteiger partial charge in [-0.25, -0.2) is 0 Å². The summed E-state index contributed by atoms with van der Waals surface area (Å²) in [5.74, 6) is 0.303. The number of nitrogens with one attached hydrogen (secondary N) is 1. The van der Waals surface area contributed by atoms with Crippen molar-refractivity contribution in [3.63, 3.8) is 0 Å². The zero-order valence-electron chi connectivity index (χ0n) is 11.0. The SMILES string of the molecule is C=C(CNC1CC1)COc1cccc(C)c1[N+](=O)[O-]. The summed E-state index contributed by atoms with van der Waals surface area (Å²) in [5.41, 5.74) is 1.53. The molecule has 1 aliphatic rings. The van der Waals surface area contributed by atoms with Gasteiger partial charge in [0.2, 0.25) is 0 Å². The van der Waals surface area contributed by atoms with Crippen molar-refractivity contribution in [2.75, 3.05) is 13.2 Å². The van der Waals surface area contributed by atoms with Gasteiger partial charge in [0.05, 0.1) is 4.92 Å². The van der Waals surface area contributed by atoms with Gasteiger partial charge in [-0.2, -0.15) is 0 Å². The number of rotatable bonds is 7. The Morgan fingerprint density at radius 2 is 2.32 bits per heavy atom. The standard InChI is InChI=1S/C14H18N2O3/c1-10(8-15-12-6-7-12)9-19-13-5-3-4-11(2)14(13)16(17)18/h3-5,12,15H,1,6-9H2,2H3. The molecular weight excluding hydrogens is 244 g/mol. The van der Waals surface area contributed by atoms with Gasteiger partial charge in [0, 0.05) is 18.2 Å². The maximum absolute atomic E-state index is 11.0. The molecule has 1 saturated carbocycles. The molecule has 5 nitrogen and oxygen atoms in total. The van der Waals surface area contributed by atoms with Gasteiger partial charge in [-0.15, -0.1) is 0 Å². The van der Waals surface area contributed by atoms with Crippen molar-refractivity contribution in [3.8, 4) is 5.75 Å². The van der Waals surface area contributed by atoms with E-state index in [1.54, 1.807) is 25.1 Å². The van der Waals surface area contributed by atoms with Crippen LogP contribution in [0.2, 0.25) is 0 Å². The van der Waals surface area contributed by atoms with Crippen molar-refractivity contribution in [3.05, 3.63) is 46.0 Å². The molecule has 0 amide bonds. The minimum Gasteiger partial charge on any atom is -0.482 e. The zero-order chi connectivity index (χ0) is 13.8. The molecule has 0 bridgehead atoms. The van der Waals surface area contributed by atoms with Gasteiger partial charge in [-0.05, 0) is 31.4 Å². The van der Waals surface area contributed by atoms with E-state index < -0.39 is 4.92 Å². The third-order valence-electron chi connectivity index (χ3n) is 3.03. The summed E-state index contributed by atoms with van der Waals surface area (Å²) in [7, 11) is 0. The van der Waals surface area contributed by atoms with Gasteiger partial charge >= 0.3 is 5.69 Å². The van der Waals surface area contributed by atoms with Crippen LogP contribution in [0.15, 0.2) is 30.4 Å². The highest BCUT2D eigenvalue weighted by Crippen LogP contribution is 2.30. The minimum absolute atomic E-state index is 0.0328. The predicted octanol–water partition coefficient (Wildman–Crippen LogP) is 2.59. The lowest BCUT2D eigenvalue weighted by Gasteiger charge is -2.10. The first-order valence-corrected chi connectivity index (χ1v) is 6.34. The van der Waals surface area contributed by atoms with E-state index >= 15 is 0 Å². The summed E-state index contributed by atoms with van der Waals surface area (Å²) in [6.07, 6.45) is 2.44. The largest absolute Gasteiger partial charge is 0.482 e. The second kappa shape index (κ2) is 5.84. The first-order valence-electron chi connectivity index (χ1n) is 6.34. The average molecular weight is 262 g/mol. The van der Waals surface area contributed by atoms with Crippen LogP contribution in [0.4, 0.5) is 5.69 Å². The molecule has 19 heavy (non-hydrogen) atoms. The Morgan fingerprint density at radius 1 is 1.58 bits per heavy atom. The summed E-state index contributed by atoms with van der Waals surface area (Å²) in [6.45, 7) is 6.61. The summed E-state index contributed by atoms with van der Waals surface area (Å²) in [4.78, 5) is 10.6. The minimum atomic E-state index is -0.407. The van der Waals surface area contributed by atoms with E-state index in [-0.39, 0.29) is 5.69 Å². The van der Waals surface area contributed by atoms with Gasteiger partial charge in [0.15, 0.2) is 5.75 Å². The molecule has 0 aromatic heterocycles. The third kappa shape index (κ3) is 3.79. The Morgan fingerprint density at radius 3 is 2.95 bits per heavy atom. The van der Waals surface area contributed by atoms with E-state index in [1.807, 2.05) is 0 Å². The smallest absolute Gasteiger partial charge is 0.313 e. The molecule has 0 unspecified atom stereocenters. The number of ether oxygens (including phenoxy) is 1. The molecule has 1 fully saturated rings. The van der Waals surface area contributed by atoms with Crippen molar-refractivity contribution in [1.82, 2.24) is 5.32 Å². The van der Waals surface area contributed by atoms with Crippen LogP contribution in [0.25, 0.3) is 0 Å². The molecule has 1 aromatic carbocycles. The van der Waals surface area contributed by atoms with Crippen LogP contribution in [0.3, 0.4) is 0 Å². The number of nitro benzene ring substituents is 1.